The van der Waals surface area contributed by atoms with Gasteiger partial charge in [-0.25, -0.2) is 0 Å². The van der Waals surface area contributed by atoms with Crippen molar-refractivity contribution >= 4 is 11.1 Å². The first-order valence-corrected chi connectivity index (χ1v) is 7.85. The summed E-state index contributed by atoms with van der Waals surface area (Å²) in [5.74, 6) is 0. The Balaban J connectivity index is 2.66. The lowest BCUT2D eigenvalue weighted by Crippen LogP contribution is -1.95. The van der Waals surface area contributed by atoms with Crippen LogP contribution in [0.15, 0.2) is 36.8 Å². The Morgan fingerprint density at radius 3 is 2.09 bits per heavy atom. The predicted octanol–water partition coefficient (Wildman–Crippen LogP) is 4.89. The van der Waals surface area contributed by atoms with E-state index in [-0.39, 0.29) is 0 Å². The van der Waals surface area contributed by atoms with Crippen molar-refractivity contribution in [2.45, 2.75) is 33.6 Å². The zero-order valence-electron chi connectivity index (χ0n) is 14.2. The molecule has 0 saturated heterocycles. The normalized spacial score (nSPS) is 12.4. The number of hydrogen-bond donors (Lipinski definition) is 0. The molecule has 0 N–H and O–H groups in total. The number of hydrogen-bond acceptors (Lipinski definition) is 3. The maximum Gasteiger partial charge on any atom is 0.0895 e. The predicted molar refractivity (Wildman–Crippen MR) is 92.4 cm³/mol. The van der Waals surface area contributed by atoms with Gasteiger partial charge < -0.3 is 14.2 Å². The Morgan fingerprint density at radius 2 is 1.55 bits per heavy atom. The third-order valence-electron chi connectivity index (χ3n) is 3.23. The summed E-state index contributed by atoms with van der Waals surface area (Å²) < 4.78 is 16.0. The first kappa shape index (κ1) is 18.3. The fourth-order valence-corrected chi connectivity index (χ4v) is 1.92. The van der Waals surface area contributed by atoms with Gasteiger partial charge in [0.25, 0.3) is 0 Å². The van der Waals surface area contributed by atoms with Crippen LogP contribution in [0, 0.1) is 0 Å². The molecular weight excluding hydrogens is 276 g/mol. The number of allylic oxidation sites excluding steroid dienone is 2. The molecule has 0 spiro atoms. The Labute approximate surface area is 134 Å². The van der Waals surface area contributed by atoms with Crippen molar-refractivity contribution in [1.82, 2.24) is 0 Å². The van der Waals surface area contributed by atoms with Crippen LogP contribution < -0.4 is 0 Å². The highest BCUT2D eigenvalue weighted by Gasteiger charge is 2.01. The molecule has 3 nitrogen and oxygen atoms in total. The van der Waals surface area contributed by atoms with Crippen LogP contribution in [-0.4, -0.2) is 26.9 Å². The van der Waals surface area contributed by atoms with Crippen molar-refractivity contribution in [1.29, 1.82) is 0 Å². The lowest BCUT2D eigenvalue weighted by atomic mass is 10.0. The second-order valence-corrected chi connectivity index (χ2v) is 5.27. The number of rotatable bonds is 10. The molecule has 3 heteroatoms. The van der Waals surface area contributed by atoms with E-state index in [1.807, 2.05) is 12.5 Å². The molecule has 1 rings (SSSR count). The molecule has 1 aromatic rings. The summed E-state index contributed by atoms with van der Waals surface area (Å²) in [5, 5.41) is 0. The van der Waals surface area contributed by atoms with Gasteiger partial charge in [-0.3, -0.25) is 0 Å². The van der Waals surface area contributed by atoms with Gasteiger partial charge in [-0.15, -0.1) is 0 Å². The van der Waals surface area contributed by atoms with Gasteiger partial charge in [0.1, 0.15) is 0 Å². The standard InChI is InChI=1S/C19H28O3/c1-5-10-21-14-16(2)18-8-6-9-19(13-18)17(3)15-22-12-7-11-20-4/h6,8-9,13-15H,5,7,10-12H2,1-4H3. The minimum atomic E-state index is 0.675. The molecule has 0 fully saturated rings. The number of ether oxygens (including phenoxy) is 3. The Kier molecular flexibility index (Phi) is 9.08. The lowest BCUT2D eigenvalue weighted by molar-refractivity contribution is 0.157. The molecule has 0 amide bonds. The smallest absolute Gasteiger partial charge is 0.0895 e. The van der Waals surface area contributed by atoms with Crippen molar-refractivity contribution in [3.8, 4) is 0 Å². The molecule has 122 valence electrons. The molecule has 0 heterocycles. The molecule has 0 unspecified atom stereocenters. The highest BCUT2D eigenvalue weighted by Crippen LogP contribution is 2.20. The molecule has 0 saturated carbocycles. The first-order chi connectivity index (χ1) is 10.7. The van der Waals surface area contributed by atoms with E-state index in [1.165, 1.54) is 5.56 Å². The van der Waals surface area contributed by atoms with Crippen molar-refractivity contribution < 1.29 is 14.2 Å². The van der Waals surface area contributed by atoms with Gasteiger partial charge >= 0.3 is 0 Å². The average Bonchev–Trinajstić information content (AvgIpc) is 2.54. The second kappa shape index (κ2) is 10.9. The summed E-state index contributed by atoms with van der Waals surface area (Å²) in [6.45, 7) is 8.38. The molecule has 0 radical (unpaired) electrons. The molecule has 0 aromatic heterocycles. The van der Waals surface area contributed by atoms with E-state index >= 15 is 0 Å². The topological polar surface area (TPSA) is 27.7 Å². The second-order valence-electron chi connectivity index (χ2n) is 5.27. The highest BCUT2D eigenvalue weighted by atomic mass is 16.5. The van der Waals surface area contributed by atoms with Gasteiger partial charge in [-0.2, -0.15) is 0 Å². The quantitative estimate of drug-likeness (QED) is 0.455. The summed E-state index contributed by atoms with van der Waals surface area (Å²) in [6.07, 6.45) is 5.58. The van der Waals surface area contributed by atoms with Crippen molar-refractivity contribution in [3.05, 3.63) is 47.9 Å². The van der Waals surface area contributed by atoms with Gasteiger partial charge in [0, 0.05) is 20.1 Å². The average molecular weight is 304 g/mol. The fourth-order valence-electron chi connectivity index (χ4n) is 1.92. The van der Waals surface area contributed by atoms with Gasteiger partial charge in [0.15, 0.2) is 0 Å². The molecule has 0 aliphatic heterocycles. The van der Waals surface area contributed by atoms with E-state index in [2.05, 4.69) is 45.0 Å². The van der Waals surface area contributed by atoms with E-state index in [1.54, 1.807) is 7.11 Å². The zero-order valence-corrected chi connectivity index (χ0v) is 14.2. The van der Waals surface area contributed by atoms with Crippen LogP contribution in [0.2, 0.25) is 0 Å². The fraction of sp³-hybridized carbons (Fsp3) is 0.474. The third kappa shape index (κ3) is 6.81. The van der Waals surface area contributed by atoms with E-state index in [0.717, 1.165) is 42.8 Å². The Bertz CT molecular complexity index is 489. The van der Waals surface area contributed by atoms with Gasteiger partial charge in [0.2, 0.25) is 0 Å². The highest BCUT2D eigenvalue weighted by molar-refractivity contribution is 5.70. The Hall–Kier alpha value is -1.74. The van der Waals surface area contributed by atoms with E-state index in [4.69, 9.17) is 14.2 Å². The number of methoxy groups -OCH3 is 1. The van der Waals surface area contributed by atoms with Gasteiger partial charge in [0.05, 0.1) is 25.7 Å². The zero-order chi connectivity index (χ0) is 16.2. The summed E-state index contributed by atoms with van der Waals surface area (Å²) in [7, 11) is 1.70. The van der Waals surface area contributed by atoms with Gasteiger partial charge in [-0.1, -0.05) is 25.1 Å². The monoisotopic (exact) mass is 304 g/mol. The molecule has 0 atom stereocenters. The minimum Gasteiger partial charge on any atom is -0.501 e. The number of benzene rings is 1. The summed E-state index contributed by atoms with van der Waals surface area (Å²) in [5.41, 5.74) is 4.57. The Morgan fingerprint density at radius 1 is 0.955 bits per heavy atom. The molecular formula is C19H28O3. The molecule has 22 heavy (non-hydrogen) atoms. The van der Waals surface area contributed by atoms with Crippen molar-refractivity contribution in [2.24, 2.45) is 0 Å². The van der Waals surface area contributed by atoms with Crippen LogP contribution in [0.25, 0.3) is 11.1 Å². The van der Waals surface area contributed by atoms with Crippen molar-refractivity contribution in [2.75, 3.05) is 26.9 Å². The van der Waals surface area contributed by atoms with Crippen LogP contribution in [0.5, 0.6) is 0 Å². The van der Waals surface area contributed by atoms with E-state index < -0.39 is 0 Å². The maximum atomic E-state index is 5.55. The minimum absolute atomic E-state index is 0.675. The van der Waals surface area contributed by atoms with Crippen LogP contribution >= 0.6 is 0 Å². The first-order valence-electron chi connectivity index (χ1n) is 7.85. The van der Waals surface area contributed by atoms with Crippen LogP contribution in [0.1, 0.15) is 44.7 Å². The summed E-state index contributed by atoms with van der Waals surface area (Å²) in [6, 6.07) is 8.40. The van der Waals surface area contributed by atoms with E-state index in [0.29, 0.717) is 6.61 Å². The molecule has 0 bridgehead atoms. The SMILES string of the molecule is CCCOC=C(C)c1cccc(C(C)=COCCCOC)c1. The molecule has 0 aliphatic carbocycles. The van der Waals surface area contributed by atoms with Crippen molar-refractivity contribution in [3.63, 3.8) is 0 Å². The third-order valence-corrected chi connectivity index (χ3v) is 3.23. The summed E-state index contributed by atoms with van der Waals surface area (Å²) in [4.78, 5) is 0. The van der Waals surface area contributed by atoms with Crippen LogP contribution in [0.4, 0.5) is 0 Å². The molecule has 0 aliphatic rings. The largest absolute Gasteiger partial charge is 0.501 e. The van der Waals surface area contributed by atoms with Crippen LogP contribution in [-0.2, 0) is 14.2 Å². The molecule has 1 aromatic carbocycles. The van der Waals surface area contributed by atoms with Gasteiger partial charge in [-0.05, 0) is 48.6 Å². The maximum absolute atomic E-state index is 5.55. The van der Waals surface area contributed by atoms with E-state index in [9.17, 15) is 0 Å². The summed E-state index contributed by atoms with van der Waals surface area (Å²) >= 11 is 0. The van der Waals surface area contributed by atoms with Crippen LogP contribution in [0.3, 0.4) is 0 Å². The lowest BCUT2D eigenvalue weighted by Gasteiger charge is -2.08.